The number of benzene rings is 1. The summed E-state index contributed by atoms with van der Waals surface area (Å²) in [4.78, 5) is 16.2. The Kier molecular flexibility index (Phi) is 3.36. The fourth-order valence-corrected chi connectivity index (χ4v) is 1.88. The van der Waals surface area contributed by atoms with Gasteiger partial charge in [0.1, 0.15) is 0 Å². The van der Waals surface area contributed by atoms with Crippen LogP contribution in [0.5, 0.6) is 0 Å². The highest BCUT2D eigenvalue weighted by atomic mass is 79.9. The molecule has 0 spiro atoms. The number of hydrogen-bond acceptors (Lipinski definition) is 3. The Morgan fingerprint density at radius 2 is 2.25 bits per heavy atom. The molecule has 0 bridgehead atoms. The summed E-state index contributed by atoms with van der Waals surface area (Å²) in [5.74, 6) is 0. The van der Waals surface area contributed by atoms with Crippen LogP contribution >= 0.6 is 15.9 Å². The van der Waals surface area contributed by atoms with Crippen molar-refractivity contribution in [2.75, 3.05) is 6.61 Å². The third-order valence-electron chi connectivity index (χ3n) is 2.34. The predicted octanol–water partition coefficient (Wildman–Crippen LogP) is 1.54. The highest BCUT2D eigenvalue weighted by Gasteiger charge is 2.03. The normalized spacial score (nSPS) is 10.9. The van der Waals surface area contributed by atoms with Crippen molar-refractivity contribution < 1.29 is 5.11 Å². The number of aliphatic hydroxyl groups excluding tert-OH is 1. The molecule has 0 aliphatic heterocycles. The molecule has 16 heavy (non-hydrogen) atoms. The van der Waals surface area contributed by atoms with Crippen LogP contribution in [0.2, 0.25) is 0 Å². The van der Waals surface area contributed by atoms with Crippen molar-refractivity contribution in [1.82, 2.24) is 9.55 Å². The van der Waals surface area contributed by atoms with Crippen molar-refractivity contribution in [2.45, 2.75) is 13.0 Å². The minimum Gasteiger partial charge on any atom is -0.396 e. The number of hydrogen-bond donors (Lipinski definition) is 1. The average Bonchev–Trinajstić information content (AvgIpc) is 2.28. The molecule has 2 aromatic rings. The second-order valence-electron chi connectivity index (χ2n) is 3.48. The van der Waals surface area contributed by atoms with Crippen molar-refractivity contribution >= 4 is 26.8 Å². The average molecular weight is 283 g/mol. The maximum absolute atomic E-state index is 12.0. The lowest BCUT2D eigenvalue weighted by Crippen LogP contribution is -2.21. The summed E-state index contributed by atoms with van der Waals surface area (Å²) in [6, 6.07) is 5.39. The maximum atomic E-state index is 12.0. The van der Waals surface area contributed by atoms with Gasteiger partial charge in [-0.05, 0) is 24.6 Å². The minimum atomic E-state index is -0.0639. The van der Waals surface area contributed by atoms with Gasteiger partial charge in [-0.25, -0.2) is 4.98 Å². The topological polar surface area (TPSA) is 55.1 Å². The van der Waals surface area contributed by atoms with E-state index in [0.29, 0.717) is 23.9 Å². The van der Waals surface area contributed by atoms with E-state index in [4.69, 9.17) is 5.11 Å². The summed E-state index contributed by atoms with van der Waals surface area (Å²) in [5, 5.41) is 9.33. The van der Waals surface area contributed by atoms with E-state index in [0.717, 1.165) is 4.47 Å². The third-order valence-corrected chi connectivity index (χ3v) is 2.84. The molecule has 1 aromatic heterocycles. The molecule has 1 aromatic carbocycles. The van der Waals surface area contributed by atoms with Gasteiger partial charge in [-0.15, -0.1) is 0 Å². The smallest absolute Gasteiger partial charge is 0.261 e. The number of halogens is 1. The van der Waals surface area contributed by atoms with Gasteiger partial charge in [-0.2, -0.15) is 0 Å². The van der Waals surface area contributed by atoms with Crippen LogP contribution in [-0.4, -0.2) is 21.3 Å². The van der Waals surface area contributed by atoms with Gasteiger partial charge in [0.2, 0.25) is 0 Å². The van der Waals surface area contributed by atoms with E-state index in [1.807, 2.05) is 12.1 Å². The largest absolute Gasteiger partial charge is 0.396 e. The molecule has 1 N–H and O–H groups in total. The van der Waals surface area contributed by atoms with Gasteiger partial charge in [0, 0.05) is 17.6 Å². The zero-order valence-corrected chi connectivity index (χ0v) is 10.1. The summed E-state index contributed by atoms with van der Waals surface area (Å²) >= 11 is 3.34. The van der Waals surface area contributed by atoms with E-state index in [1.165, 1.54) is 10.9 Å². The number of aliphatic hydroxyl groups is 1. The fraction of sp³-hybridized carbons (Fsp3) is 0.273. The molecule has 1 heterocycles. The van der Waals surface area contributed by atoms with Gasteiger partial charge < -0.3 is 5.11 Å². The lowest BCUT2D eigenvalue weighted by Gasteiger charge is -2.05. The molecule has 84 valence electrons. The van der Waals surface area contributed by atoms with Gasteiger partial charge >= 0.3 is 0 Å². The quantitative estimate of drug-likeness (QED) is 0.929. The minimum absolute atomic E-state index is 0.0639. The van der Waals surface area contributed by atoms with Crippen molar-refractivity contribution in [3.8, 4) is 0 Å². The zero-order valence-electron chi connectivity index (χ0n) is 8.56. The van der Waals surface area contributed by atoms with Crippen molar-refractivity contribution in [1.29, 1.82) is 0 Å². The van der Waals surface area contributed by atoms with E-state index in [2.05, 4.69) is 20.9 Å². The first-order chi connectivity index (χ1) is 7.72. The summed E-state index contributed by atoms with van der Waals surface area (Å²) in [7, 11) is 0. The van der Waals surface area contributed by atoms with Crippen LogP contribution in [-0.2, 0) is 6.54 Å². The molecule has 0 amide bonds. The van der Waals surface area contributed by atoms with E-state index in [9.17, 15) is 4.79 Å². The van der Waals surface area contributed by atoms with Gasteiger partial charge in [0.15, 0.2) is 0 Å². The van der Waals surface area contributed by atoms with Crippen LogP contribution < -0.4 is 5.56 Å². The molecule has 0 aliphatic rings. The highest BCUT2D eigenvalue weighted by Crippen LogP contribution is 2.14. The Hall–Kier alpha value is -1.20. The van der Waals surface area contributed by atoms with Gasteiger partial charge in [0.25, 0.3) is 5.56 Å². The molecule has 0 saturated heterocycles. The highest BCUT2D eigenvalue weighted by molar-refractivity contribution is 9.10. The van der Waals surface area contributed by atoms with Gasteiger partial charge in [-0.3, -0.25) is 9.36 Å². The van der Waals surface area contributed by atoms with Crippen LogP contribution in [0.1, 0.15) is 6.42 Å². The Morgan fingerprint density at radius 1 is 1.44 bits per heavy atom. The van der Waals surface area contributed by atoms with Gasteiger partial charge in [0.05, 0.1) is 17.2 Å². The zero-order chi connectivity index (χ0) is 11.5. The molecule has 0 aliphatic carbocycles. The monoisotopic (exact) mass is 282 g/mol. The summed E-state index contributed by atoms with van der Waals surface area (Å²) in [6.45, 7) is 0.569. The Labute approximate surface area is 101 Å². The molecule has 5 heteroatoms. The number of rotatable bonds is 3. The lowest BCUT2D eigenvalue weighted by molar-refractivity contribution is 0.279. The number of nitrogens with zero attached hydrogens (tertiary/aromatic N) is 2. The molecule has 2 rings (SSSR count). The molecule has 4 nitrogen and oxygen atoms in total. The van der Waals surface area contributed by atoms with Crippen LogP contribution in [0.25, 0.3) is 10.9 Å². The van der Waals surface area contributed by atoms with Crippen molar-refractivity contribution in [3.05, 3.63) is 39.4 Å². The molecule has 0 unspecified atom stereocenters. The summed E-state index contributed by atoms with van der Waals surface area (Å²) < 4.78 is 2.42. The molecular formula is C11H11BrN2O2. The van der Waals surface area contributed by atoms with Crippen LogP contribution in [0, 0.1) is 0 Å². The molecule has 0 saturated carbocycles. The Balaban J connectivity index is 2.53. The standard InChI is InChI=1S/C11H11BrN2O2/c12-8-2-3-9-10(6-8)13-7-14(11(9)16)4-1-5-15/h2-3,6-7,15H,1,4-5H2. The number of aryl methyl sites for hydroxylation is 1. The van der Waals surface area contributed by atoms with E-state index >= 15 is 0 Å². The fourth-order valence-electron chi connectivity index (χ4n) is 1.53. The Bertz CT molecular complexity index is 565. The number of aromatic nitrogens is 2. The molecule has 0 atom stereocenters. The van der Waals surface area contributed by atoms with Crippen LogP contribution in [0.4, 0.5) is 0 Å². The first kappa shape index (κ1) is 11.3. The lowest BCUT2D eigenvalue weighted by atomic mass is 10.2. The second-order valence-corrected chi connectivity index (χ2v) is 4.40. The van der Waals surface area contributed by atoms with E-state index in [1.54, 1.807) is 6.07 Å². The summed E-state index contributed by atoms with van der Waals surface area (Å²) in [6.07, 6.45) is 2.08. The third kappa shape index (κ3) is 2.15. The first-order valence-corrected chi connectivity index (χ1v) is 5.77. The SMILES string of the molecule is O=c1c2ccc(Br)cc2ncn1CCCO. The van der Waals surface area contributed by atoms with Crippen molar-refractivity contribution in [2.24, 2.45) is 0 Å². The van der Waals surface area contributed by atoms with Crippen LogP contribution in [0.15, 0.2) is 33.8 Å². The predicted molar refractivity (Wildman–Crippen MR) is 65.4 cm³/mol. The Morgan fingerprint density at radius 3 is 3.00 bits per heavy atom. The molecular weight excluding hydrogens is 272 g/mol. The van der Waals surface area contributed by atoms with E-state index in [-0.39, 0.29) is 12.2 Å². The van der Waals surface area contributed by atoms with Gasteiger partial charge in [-0.1, -0.05) is 15.9 Å². The second kappa shape index (κ2) is 4.76. The molecule has 0 fully saturated rings. The molecule has 0 radical (unpaired) electrons. The summed E-state index contributed by atoms with van der Waals surface area (Å²) in [5.41, 5.74) is 0.616. The first-order valence-electron chi connectivity index (χ1n) is 4.98. The maximum Gasteiger partial charge on any atom is 0.261 e. The van der Waals surface area contributed by atoms with Crippen molar-refractivity contribution in [3.63, 3.8) is 0 Å². The van der Waals surface area contributed by atoms with Crippen LogP contribution in [0.3, 0.4) is 0 Å². The number of fused-ring (bicyclic) bond motifs is 1. The van der Waals surface area contributed by atoms with E-state index < -0.39 is 0 Å².